The van der Waals surface area contributed by atoms with E-state index in [1.165, 1.54) is 25.1 Å². The van der Waals surface area contributed by atoms with Gasteiger partial charge in [0.05, 0.1) is 0 Å². The number of Topliss-reactive ketones (excluding diaryl/α,β-unsaturated/α-hetero) is 1. The van der Waals surface area contributed by atoms with Crippen LogP contribution in [0.2, 0.25) is 0 Å². The molecule has 1 aromatic carbocycles. The van der Waals surface area contributed by atoms with Crippen molar-refractivity contribution in [3.8, 4) is 0 Å². The van der Waals surface area contributed by atoms with Crippen LogP contribution in [0.25, 0.3) is 0 Å². The van der Waals surface area contributed by atoms with Crippen molar-refractivity contribution in [2.75, 3.05) is 4.72 Å². The van der Waals surface area contributed by atoms with Gasteiger partial charge in [0.15, 0.2) is 5.78 Å². The molecule has 0 heterocycles. The maximum atomic E-state index is 12.4. The first-order valence-corrected chi connectivity index (χ1v) is 5.18. The van der Waals surface area contributed by atoms with Crippen molar-refractivity contribution in [1.29, 1.82) is 0 Å². The number of rotatable bonds is 4. The van der Waals surface area contributed by atoms with Gasteiger partial charge in [-0.1, -0.05) is 6.07 Å². The Morgan fingerprint density at radius 3 is 2.73 bits per heavy atom. The second kappa shape index (κ2) is 4.99. The molecule has 4 nitrogen and oxygen atoms in total. The van der Waals surface area contributed by atoms with Gasteiger partial charge < -0.3 is 9.27 Å². The maximum Gasteiger partial charge on any atom is 0.160 e. The van der Waals surface area contributed by atoms with E-state index in [1.807, 2.05) is 0 Å². The molecule has 1 unspecified atom stereocenters. The van der Waals surface area contributed by atoms with Gasteiger partial charge >= 0.3 is 0 Å². The lowest BCUT2D eigenvalue weighted by atomic mass is 10.0. The highest BCUT2D eigenvalue weighted by Gasteiger charge is 2.07. The number of alkyl halides is 1. The first kappa shape index (κ1) is 11.8. The molecule has 0 radical (unpaired) electrons. The summed E-state index contributed by atoms with van der Waals surface area (Å²) in [5, 5.41) is 0. The van der Waals surface area contributed by atoms with E-state index in [-0.39, 0.29) is 22.6 Å². The van der Waals surface area contributed by atoms with E-state index in [0.29, 0.717) is 0 Å². The van der Waals surface area contributed by atoms with E-state index < -0.39 is 17.9 Å². The minimum absolute atomic E-state index is 0.188. The Bertz CT molecular complexity index is 408. The molecular weight excluding hydrogens is 221 g/mol. The molecule has 0 bridgehead atoms. The van der Waals surface area contributed by atoms with Crippen molar-refractivity contribution < 1.29 is 17.9 Å². The molecule has 0 saturated heterocycles. The average molecular weight is 230 g/mol. The van der Waals surface area contributed by atoms with Gasteiger partial charge in [-0.05, 0) is 24.6 Å². The number of hydrogen-bond acceptors (Lipinski definition) is 3. The molecule has 0 spiro atoms. The summed E-state index contributed by atoms with van der Waals surface area (Å²) in [6.45, 7) is 0.544. The van der Waals surface area contributed by atoms with Crippen LogP contribution in [0.5, 0.6) is 0 Å². The van der Waals surface area contributed by atoms with Crippen LogP contribution < -0.4 is 4.72 Å². The highest BCUT2D eigenvalue weighted by atomic mass is 32.2. The summed E-state index contributed by atoms with van der Waals surface area (Å²) in [6, 6.07) is 4.09. The highest BCUT2D eigenvalue weighted by Crippen LogP contribution is 2.17. The summed E-state index contributed by atoms with van der Waals surface area (Å²) in [7, 11) is 0. The summed E-state index contributed by atoms with van der Waals surface area (Å²) < 4.78 is 35.2. The average Bonchev–Trinajstić information content (AvgIpc) is 2.16. The van der Waals surface area contributed by atoms with Crippen molar-refractivity contribution in [3.05, 3.63) is 29.3 Å². The van der Waals surface area contributed by atoms with Gasteiger partial charge in [-0.3, -0.25) is 9.00 Å². The number of benzene rings is 1. The molecule has 1 atom stereocenters. The third-order valence-corrected chi connectivity index (χ3v) is 2.24. The Labute approximate surface area is 88.9 Å². The molecule has 0 fully saturated rings. The third kappa shape index (κ3) is 3.10. The number of anilines is 1. The van der Waals surface area contributed by atoms with Gasteiger partial charge in [0.1, 0.15) is 6.67 Å². The van der Waals surface area contributed by atoms with Crippen molar-refractivity contribution in [1.82, 2.24) is 0 Å². The molecule has 82 valence electrons. The fourth-order valence-electron chi connectivity index (χ4n) is 1.18. The normalized spacial score (nSPS) is 12.2. The van der Waals surface area contributed by atoms with E-state index >= 15 is 0 Å². The zero-order valence-electron chi connectivity index (χ0n) is 7.95. The topological polar surface area (TPSA) is 69.2 Å². The molecule has 0 aromatic heterocycles. The summed E-state index contributed by atoms with van der Waals surface area (Å²) in [5.74, 6) is -0.303. The summed E-state index contributed by atoms with van der Waals surface area (Å²) in [4.78, 5) is 11.1. The second-order valence-corrected chi connectivity index (χ2v) is 3.57. The molecule has 1 N–H and O–H groups in total. The number of carbonyl (C=O) groups excluding carboxylic acids is 1. The Morgan fingerprint density at radius 2 is 2.27 bits per heavy atom. The lowest BCUT2D eigenvalue weighted by Crippen LogP contribution is -2.05. The molecule has 1 aromatic rings. The molecule has 15 heavy (non-hydrogen) atoms. The van der Waals surface area contributed by atoms with Gasteiger partial charge in [-0.2, -0.15) is 0 Å². The van der Waals surface area contributed by atoms with Crippen molar-refractivity contribution in [2.24, 2.45) is 0 Å². The largest absolute Gasteiger partial charge is 0.755 e. The standard InChI is InChI=1S/C9H10FNO3S/c1-6(12)9-4-8(11-15(13)14)3-2-7(9)5-10/h2-4,11H,5H2,1H3,(H,13,14)/p-1. The van der Waals surface area contributed by atoms with E-state index in [2.05, 4.69) is 4.72 Å². The minimum Gasteiger partial charge on any atom is -0.755 e. The predicted molar refractivity (Wildman–Crippen MR) is 53.8 cm³/mol. The van der Waals surface area contributed by atoms with Crippen LogP contribution in [-0.2, 0) is 17.9 Å². The molecule has 1 rings (SSSR count). The fourth-order valence-corrected chi connectivity index (χ4v) is 1.50. The van der Waals surface area contributed by atoms with Crippen LogP contribution >= 0.6 is 0 Å². The van der Waals surface area contributed by atoms with Crippen LogP contribution in [0.3, 0.4) is 0 Å². The van der Waals surface area contributed by atoms with Crippen LogP contribution in [0.15, 0.2) is 18.2 Å². The van der Waals surface area contributed by atoms with Crippen LogP contribution in [0, 0.1) is 0 Å². The van der Waals surface area contributed by atoms with Gasteiger partial charge in [-0.15, -0.1) is 0 Å². The van der Waals surface area contributed by atoms with Gasteiger partial charge in [0, 0.05) is 22.5 Å². The first-order chi connectivity index (χ1) is 7.04. The summed E-state index contributed by atoms with van der Waals surface area (Å²) in [6.07, 6.45) is 0. The van der Waals surface area contributed by atoms with Gasteiger partial charge in [-0.25, -0.2) is 4.39 Å². The molecule has 0 amide bonds. The Balaban J connectivity index is 3.10. The third-order valence-electron chi connectivity index (χ3n) is 1.83. The molecule has 0 aliphatic carbocycles. The fraction of sp³-hybridized carbons (Fsp3) is 0.222. The zero-order valence-corrected chi connectivity index (χ0v) is 8.77. The van der Waals surface area contributed by atoms with Crippen molar-refractivity contribution in [3.63, 3.8) is 0 Å². The van der Waals surface area contributed by atoms with E-state index in [4.69, 9.17) is 0 Å². The van der Waals surface area contributed by atoms with Crippen molar-refractivity contribution in [2.45, 2.75) is 13.6 Å². The molecule has 0 aliphatic rings. The lowest BCUT2D eigenvalue weighted by molar-refractivity contribution is 0.101. The molecule has 0 saturated carbocycles. The molecule has 0 aliphatic heterocycles. The molecular formula is C9H9FNO3S-. The van der Waals surface area contributed by atoms with E-state index in [1.54, 1.807) is 0 Å². The number of hydrogen-bond donors (Lipinski definition) is 1. The zero-order chi connectivity index (χ0) is 11.4. The predicted octanol–water partition coefficient (Wildman–Crippen LogP) is 1.56. The highest BCUT2D eigenvalue weighted by molar-refractivity contribution is 7.80. The number of carbonyl (C=O) groups is 1. The van der Waals surface area contributed by atoms with Gasteiger partial charge in [0.2, 0.25) is 0 Å². The van der Waals surface area contributed by atoms with Gasteiger partial charge in [0.25, 0.3) is 0 Å². The minimum atomic E-state index is -2.45. The summed E-state index contributed by atoms with van der Waals surface area (Å²) >= 11 is -2.45. The number of nitrogens with one attached hydrogen (secondary N) is 1. The Kier molecular flexibility index (Phi) is 3.93. The maximum absolute atomic E-state index is 12.4. The molecule has 6 heteroatoms. The Hall–Kier alpha value is -1.27. The summed E-state index contributed by atoms with van der Waals surface area (Å²) in [5.41, 5.74) is 0.684. The quantitative estimate of drug-likeness (QED) is 0.630. The van der Waals surface area contributed by atoms with Crippen molar-refractivity contribution >= 4 is 22.7 Å². The smallest absolute Gasteiger partial charge is 0.160 e. The van der Waals surface area contributed by atoms with Crippen LogP contribution in [0.1, 0.15) is 22.8 Å². The van der Waals surface area contributed by atoms with Crippen LogP contribution in [0.4, 0.5) is 10.1 Å². The second-order valence-electron chi connectivity index (χ2n) is 2.90. The first-order valence-electron chi connectivity index (χ1n) is 4.10. The van der Waals surface area contributed by atoms with Crippen LogP contribution in [-0.4, -0.2) is 14.5 Å². The Morgan fingerprint density at radius 1 is 1.60 bits per heavy atom. The number of ketones is 1. The number of halogens is 1. The van der Waals surface area contributed by atoms with E-state index in [9.17, 15) is 17.9 Å². The van der Waals surface area contributed by atoms with E-state index in [0.717, 1.165) is 0 Å². The monoisotopic (exact) mass is 230 g/mol. The SMILES string of the molecule is CC(=O)c1cc(NS(=O)[O-])ccc1CF. The lowest BCUT2D eigenvalue weighted by Gasteiger charge is -2.10.